The second-order valence-corrected chi connectivity index (χ2v) is 9.39. The number of piperidine rings is 1. The molecule has 1 saturated heterocycles. The highest BCUT2D eigenvalue weighted by Crippen LogP contribution is 2.37. The van der Waals surface area contributed by atoms with Gasteiger partial charge in [-0.15, -0.1) is 0 Å². The van der Waals surface area contributed by atoms with E-state index in [1.807, 2.05) is 47.4 Å². The number of pyridine rings is 1. The van der Waals surface area contributed by atoms with E-state index in [1.54, 1.807) is 30.3 Å². The number of carbonyl (C=O) groups is 1. The van der Waals surface area contributed by atoms with Gasteiger partial charge in [-0.3, -0.25) is 9.59 Å². The number of halogens is 2. The van der Waals surface area contributed by atoms with Crippen molar-refractivity contribution >= 4 is 51.4 Å². The Hall–Kier alpha value is -3.28. The normalized spacial score (nSPS) is 15.9. The van der Waals surface area contributed by atoms with Crippen molar-refractivity contribution in [3.05, 3.63) is 93.2 Å². The maximum atomic E-state index is 13.4. The van der Waals surface area contributed by atoms with E-state index in [0.29, 0.717) is 34.5 Å². The molecule has 0 radical (unpaired) electrons. The molecular formula is C27H23Cl2N3O2. The van der Waals surface area contributed by atoms with Gasteiger partial charge in [-0.1, -0.05) is 53.5 Å². The SMILES string of the molecule is O=C(Nc1ccc(Cl)cc1)[C@@H]1CCCN(c2c(-c3ccccc3)c3cc(Cl)ccc3[nH]c2=O)C1. The highest BCUT2D eigenvalue weighted by atomic mass is 35.5. The monoisotopic (exact) mass is 491 g/mol. The van der Waals surface area contributed by atoms with E-state index in [9.17, 15) is 9.59 Å². The van der Waals surface area contributed by atoms with Gasteiger partial charge in [0.25, 0.3) is 5.56 Å². The number of hydrogen-bond donors (Lipinski definition) is 2. The fourth-order valence-electron chi connectivity index (χ4n) is 4.63. The third kappa shape index (κ3) is 4.54. The summed E-state index contributed by atoms with van der Waals surface area (Å²) in [6.45, 7) is 1.15. The molecular weight excluding hydrogens is 469 g/mol. The van der Waals surface area contributed by atoms with E-state index >= 15 is 0 Å². The van der Waals surface area contributed by atoms with Crippen molar-refractivity contribution in [3.8, 4) is 11.1 Å². The van der Waals surface area contributed by atoms with Crippen LogP contribution in [0.4, 0.5) is 11.4 Å². The number of aromatic amines is 1. The smallest absolute Gasteiger partial charge is 0.272 e. The van der Waals surface area contributed by atoms with Crippen molar-refractivity contribution in [1.29, 1.82) is 0 Å². The van der Waals surface area contributed by atoms with Crippen molar-refractivity contribution in [2.24, 2.45) is 5.92 Å². The number of fused-ring (bicyclic) bond motifs is 1. The minimum Gasteiger partial charge on any atom is -0.366 e. The molecule has 0 saturated carbocycles. The first kappa shape index (κ1) is 22.5. The predicted octanol–water partition coefficient (Wildman–Crippen LogP) is 6.36. The Kier molecular flexibility index (Phi) is 6.31. The minimum absolute atomic E-state index is 0.0615. The Morgan fingerprint density at radius 3 is 2.47 bits per heavy atom. The van der Waals surface area contributed by atoms with Crippen LogP contribution >= 0.6 is 23.2 Å². The van der Waals surface area contributed by atoms with Gasteiger partial charge >= 0.3 is 0 Å². The Labute approximate surface area is 207 Å². The van der Waals surface area contributed by atoms with Crippen molar-refractivity contribution in [2.75, 3.05) is 23.3 Å². The van der Waals surface area contributed by atoms with Crippen LogP contribution in [0.2, 0.25) is 10.0 Å². The molecule has 5 rings (SSSR count). The summed E-state index contributed by atoms with van der Waals surface area (Å²) in [7, 11) is 0. The maximum Gasteiger partial charge on any atom is 0.272 e. The molecule has 0 unspecified atom stereocenters. The van der Waals surface area contributed by atoms with Crippen LogP contribution in [-0.4, -0.2) is 24.0 Å². The molecule has 1 amide bonds. The number of nitrogens with zero attached hydrogens (tertiary/aromatic N) is 1. The zero-order valence-corrected chi connectivity index (χ0v) is 19.9. The number of benzene rings is 3. The first-order valence-electron chi connectivity index (χ1n) is 11.2. The minimum atomic E-state index is -0.248. The van der Waals surface area contributed by atoms with E-state index in [2.05, 4.69) is 10.3 Å². The molecule has 5 nitrogen and oxygen atoms in total. The van der Waals surface area contributed by atoms with Crippen LogP contribution in [0.15, 0.2) is 77.6 Å². The van der Waals surface area contributed by atoms with Gasteiger partial charge in [0.15, 0.2) is 0 Å². The quantitative estimate of drug-likeness (QED) is 0.349. The molecule has 0 aliphatic carbocycles. The van der Waals surface area contributed by atoms with Gasteiger partial charge in [0.2, 0.25) is 5.91 Å². The van der Waals surface area contributed by atoms with Crippen LogP contribution in [0.1, 0.15) is 12.8 Å². The highest BCUT2D eigenvalue weighted by Gasteiger charge is 2.29. The van der Waals surface area contributed by atoms with Gasteiger partial charge in [-0.05, 0) is 60.9 Å². The summed E-state index contributed by atoms with van der Waals surface area (Å²) in [5, 5.41) is 5.07. The van der Waals surface area contributed by atoms with Gasteiger partial charge in [0.05, 0.1) is 5.92 Å². The fourth-order valence-corrected chi connectivity index (χ4v) is 4.92. The molecule has 7 heteroatoms. The molecule has 34 heavy (non-hydrogen) atoms. The van der Waals surface area contributed by atoms with Gasteiger partial charge in [-0.2, -0.15) is 0 Å². The highest BCUT2D eigenvalue weighted by molar-refractivity contribution is 6.31. The summed E-state index contributed by atoms with van der Waals surface area (Å²) in [6.07, 6.45) is 1.56. The molecule has 1 fully saturated rings. The van der Waals surface area contributed by atoms with E-state index in [0.717, 1.165) is 34.9 Å². The number of carbonyl (C=O) groups excluding carboxylic acids is 1. The van der Waals surface area contributed by atoms with Crippen LogP contribution in [0.25, 0.3) is 22.0 Å². The molecule has 0 spiro atoms. The number of nitrogens with one attached hydrogen (secondary N) is 2. The van der Waals surface area contributed by atoms with Crippen LogP contribution in [0, 0.1) is 5.92 Å². The molecule has 1 aliphatic rings. The zero-order valence-electron chi connectivity index (χ0n) is 18.4. The van der Waals surface area contributed by atoms with Gasteiger partial charge < -0.3 is 15.2 Å². The van der Waals surface area contributed by atoms with E-state index in [-0.39, 0.29) is 17.4 Å². The standard InChI is InChI=1S/C27H23Cl2N3O2/c28-19-8-11-21(12-9-19)30-26(33)18-7-4-14-32(16-18)25-24(17-5-2-1-3-6-17)22-15-20(29)10-13-23(22)31-27(25)34/h1-3,5-6,8-13,15,18H,4,7,14,16H2,(H,30,33)(H,31,34)/t18-/m1/s1. The van der Waals surface area contributed by atoms with Gasteiger partial charge in [-0.25, -0.2) is 0 Å². The van der Waals surface area contributed by atoms with Crippen LogP contribution in [0.3, 0.4) is 0 Å². The molecule has 2 N–H and O–H groups in total. The average Bonchev–Trinajstić information content (AvgIpc) is 2.85. The van der Waals surface area contributed by atoms with Crippen LogP contribution in [-0.2, 0) is 4.79 Å². The summed E-state index contributed by atoms with van der Waals surface area (Å²) in [6, 6.07) is 22.4. The number of H-pyrrole nitrogens is 1. The third-order valence-corrected chi connectivity index (χ3v) is 6.72. The lowest BCUT2D eigenvalue weighted by atomic mass is 9.93. The zero-order chi connectivity index (χ0) is 23.7. The molecule has 1 atom stereocenters. The van der Waals surface area contributed by atoms with Crippen molar-refractivity contribution in [3.63, 3.8) is 0 Å². The van der Waals surface area contributed by atoms with Gasteiger partial charge in [0.1, 0.15) is 5.69 Å². The molecule has 3 aromatic carbocycles. The molecule has 0 bridgehead atoms. The number of hydrogen-bond acceptors (Lipinski definition) is 3. The Morgan fingerprint density at radius 2 is 1.71 bits per heavy atom. The first-order chi connectivity index (χ1) is 16.5. The summed E-state index contributed by atoms with van der Waals surface area (Å²) < 4.78 is 0. The topological polar surface area (TPSA) is 65.2 Å². The molecule has 2 heterocycles. The maximum absolute atomic E-state index is 13.4. The Balaban J connectivity index is 1.53. The fraction of sp³-hybridized carbons (Fsp3) is 0.185. The van der Waals surface area contributed by atoms with Crippen molar-refractivity contribution in [2.45, 2.75) is 12.8 Å². The largest absolute Gasteiger partial charge is 0.366 e. The molecule has 172 valence electrons. The average molecular weight is 492 g/mol. The Morgan fingerprint density at radius 1 is 0.971 bits per heavy atom. The van der Waals surface area contributed by atoms with Crippen molar-refractivity contribution < 1.29 is 4.79 Å². The number of rotatable bonds is 4. The lowest BCUT2D eigenvalue weighted by Gasteiger charge is -2.34. The number of amides is 1. The third-order valence-electron chi connectivity index (χ3n) is 6.23. The number of anilines is 2. The first-order valence-corrected chi connectivity index (χ1v) is 12.0. The lowest BCUT2D eigenvalue weighted by Crippen LogP contribution is -2.43. The van der Waals surface area contributed by atoms with Crippen LogP contribution in [0.5, 0.6) is 0 Å². The number of aromatic nitrogens is 1. The lowest BCUT2D eigenvalue weighted by molar-refractivity contribution is -0.120. The van der Waals surface area contributed by atoms with E-state index in [4.69, 9.17) is 23.2 Å². The molecule has 1 aliphatic heterocycles. The second kappa shape index (κ2) is 9.53. The molecule has 1 aromatic heterocycles. The summed E-state index contributed by atoms with van der Waals surface area (Å²) in [5.74, 6) is -0.309. The van der Waals surface area contributed by atoms with Crippen molar-refractivity contribution in [1.82, 2.24) is 4.98 Å². The summed E-state index contributed by atoms with van der Waals surface area (Å²) in [4.78, 5) is 31.5. The van der Waals surface area contributed by atoms with Gasteiger partial charge in [0, 0.05) is 45.3 Å². The summed E-state index contributed by atoms with van der Waals surface area (Å²) >= 11 is 12.3. The van der Waals surface area contributed by atoms with Crippen LogP contribution < -0.4 is 15.8 Å². The van der Waals surface area contributed by atoms with E-state index < -0.39 is 0 Å². The predicted molar refractivity (Wildman–Crippen MR) is 140 cm³/mol. The second-order valence-electron chi connectivity index (χ2n) is 8.51. The van der Waals surface area contributed by atoms with E-state index in [1.165, 1.54) is 0 Å². The Bertz CT molecular complexity index is 1400. The molecule has 4 aromatic rings. The summed E-state index contributed by atoms with van der Waals surface area (Å²) in [5.41, 5.74) is 3.60.